The minimum Gasteiger partial charge on any atom is -0.417 e. The molecule has 52 heavy (non-hydrogen) atoms. The summed E-state index contributed by atoms with van der Waals surface area (Å²) in [7, 11) is 0. The Morgan fingerprint density at radius 1 is 1.00 bits per heavy atom. The maximum atomic E-state index is 15.7. The van der Waals surface area contributed by atoms with E-state index in [0.717, 1.165) is 12.8 Å². The number of carbonyl (C=O) groups excluding carboxylic acids is 2. The van der Waals surface area contributed by atoms with E-state index in [2.05, 4.69) is 36.2 Å². The van der Waals surface area contributed by atoms with Gasteiger partial charge in [0.2, 0.25) is 17.7 Å². The third kappa shape index (κ3) is 8.92. The number of amides is 2. The molecule has 4 N–H and O–H groups in total. The summed E-state index contributed by atoms with van der Waals surface area (Å²) in [6, 6.07) is 11.7. The fourth-order valence-electron chi connectivity index (χ4n) is 6.28. The van der Waals surface area contributed by atoms with Crippen molar-refractivity contribution in [2.24, 2.45) is 0 Å². The van der Waals surface area contributed by atoms with Crippen LogP contribution in [0.25, 0.3) is 22.5 Å². The van der Waals surface area contributed by atoms with Crippen molar-refractivity contribution in [3.05, 3.63) is 81.8 Å². The smallest absolute Gasteiger partial charge is 0.388 e. The zero-order valence-electron chi connectivity index (χ0n) is 28.2. The minimum absolute atomic E-state index is 0.0162. The summed E-state index contributed by atoms with van der Waals surface area (Å²) >= 11 is 13.7. The van der Waals surface area contributed by atoms with E-state index in [1.165, 1.54) is 12.4 Å². The number of halogens is 5. The van der Waals surface area contributed by atoms with Crippen LogP contribution in [0.1, 0.15) is 43.7 Å². The average molecular weight is 758 g/mol. The molecule has 2 fully saturated rings. The molecule has 0 aliphatic carbocycles. The lowest BCUT2D eigenvalue weighted by Crippen LogP contribution is -2.44. The maximum absolute atomic E-state index is 15.7. The molecule has 4 aromatic rings. The van der Waals surface area contributed by atoms with Crippen LogP contribution in [0.3, 0.4) is 0 Å². The molecule has 1 aromatic carbocycles. The molecule has 274 valence electrons. The second-order valence-electron chi connectivity index (χ2n) is 12.6. The Hall–Kier alpha value is -4.50. The normalized spacial score (nSPS) is 16.3. The SMILES string of the molecule is CC(=O)N1CCC(NCc2ccnc(Nc3cccc(-c4nccc(-c5ccc(CNC[C@@H]6CCC(=O)N6)c(OC(F)F)n5)c4Cl)c3Cl)c2F)CC1. The number of hydrogen-bond acceptors (Lipinski definition) is 9. The molecule has 0 saturated carbocycles. The molecule has 5 heterocycles. The van der Waals surface area contributed by atoms with Crippen LogP contribution in [-0.4, -0.2) is 70.0 Å². The number of likely N-dealkylation sites (tertiary alicyclic amines) is 1. The minimum atomic E-state index is -3.11. The van der Waals surface area contributed by atoms with Gasteiger partial charge in [0.05, 0.1) is 27.1 Å². The molecule has 0 radical (unpaired) electrons. The van der Waals surface area contributed by atoms with Gasteiger partial charge >= 0.3 is 6.61 Å². The van der Waals surface area contributed by atoms with Gasteiger partial charge in [0.15, 0.2) is 11.6 Å². The Morgan fingerprint density at radius 3 is 2.52 bits per heavy atom. The fourth-order valence-corrected chi connectivity index (χ4v) is 6.85. The largest absolute Gasteiger partial charge is 0.417 e. The number of carbonyl (C=O) groups is 2. The Balaban J connectivity index is 1.18. The van der Waals surface area contributed by atoms with E-state index in [1.54, 1.807) is 49.4 Å². The lowest BCUT2D eigenvalue weighted by atomic mass is 10.0. The van der Waals surface area contributed by atoms with E-state index in [4.69, 9.17) is 27.9 Å². The molecule has 1 atom stereocenters. The van der Waals surface area contributed by atoms with Crippen molar-refractivity contribution < 1.29 is 27.5 Å². The highest BCUT2D eigenvalue weighted by atomic mass is 35.5. The Labute approximate surface area is 308 Å². The molecule has 16 heteroatoms. The maximum Gasteiger partial charge on any atom is 0.388 e. The second kappa shape index (κ2) is 16.9. The highest BCUT2D eigenvalue weighted by Crippen LogP contribution is 2.41. The average Bonchev–Trinajstić information content (AvgIpc) is 3.54. The molecule has 2 aliphatic rings. The molecular formula is C36H37Cl2F3N8O3. The van der Waals surface area contributed by atoms with Crippen molar-refractivity contribution in [2.45, 2.75) is 64.4 Å². The quantitative estimate of drug-likeness (QED) is 0.121. The predicted molar refractivity (Wildman–Crippen MR) is 192 cm³/mol. The second-order valence-corrected chi connectivity index (χ2v) is 13.3. The molecule has 2 aliphatic heterocycles. The van der Waals surface area contributed by atoms with Crippen molar-refractivity contribution in [3.8, 4) is 28.4 Å². The number of alkyl halides is 2. The number of piperidine rings is 1. The van der Waals surface area contributed by atoms with Gasteiger partial charge < -0.3 is 30.9 Å². The van der Waals surface area contributed by atoms with E-state index in [9.17, 15) is 18.4 Å². The summed E-state index contributed by atoms with van der Waals surface area (Å²) in [6.45, 7) is 0.699. The number of benzene rings is 1. The third-order valence-electron chi connectivity index (χ3n) is 9.09. The highest BCUT2D eigenvalue weighted by molar-refractivity contribution is 6.39. The van der Waals surface area contributed by atoms with Crippen molar-refractivity contribution in [1.29, 1.82) is 0 Å². The number of rotatable bonds is 13. The van der Waals surface area contributed by atoms with Gasteiger partial charge in [0.1, 0.15) is 0 Å². The van der Waals surface area contributed by atoms with Gasteiger partial charge in [-0.05, 0) is 43.5 Å². The number of nitrogens with zero attached hydrogens (tertiary/aromatic N) is 4. The van der Waals surface area contributed by atoms with Gasteiger partial charge in [-0.15, -0.1) is 0 Å². The lowest BCUT2D eigenvalue weighted by Gasteiger charge is -2.31. The first-order valence-electron chi connectivity index (χ1n) is 16.8. The van der Waals surface area contributed by atoms with Crippen molar-refractivity contribution in [3.63, 3.8) is 0 Å². The van der Waals surface area contributed by atoms with Crippen LogP contribution < -0.4 is 26.0 Å². The highest BCUT2D eigenvalue weighted by Gasteiger charge is 2.23. The molecule has 6 rings (SSSR count). The number of nitrogens with one attached hydrogen (secondary N) is 4. The molecule has 0 unspecified atom stereocenters. The zero-order chi connectivity index (χ0) is 36.8. The van der Waals surface area contributed by atoms with Crippen LogP contribution in [0.5, 0.6) is 5.88 Å². The van der Waals surface area contributed by atoms with E-state index in [1.807, 2.05) is 4.90 Å². The van der Waals surface area contributed by atoms with Crippen LogP contribution in [0.15, 0.2) is 54.9 Å². The van der Waals surface area contributed by atoms with Gasteiger partial charge in [-0.2, -0.15) is 8.78 Å². The molecule has 0 bridgehead atoms. The molecular weight excluding hydrogens is 720 g/mol. The van der Waals surface area contributed by atoms with E-state index < -0.39 is 12.4 Å². The first kappa shape index (κ1) is 37.3. The number of ether oxygens (including phenoxy) is 1. The standard InChI is InChI=1S/C36H37Cl2F3N8O3/c1-20(50)49-15-11-23(12-16-49)45-18-21-9-13-44-34(32(21)39)47-28-4-2-3-26(30(28)37)33-31(38)25(10-14-43-33)27-7-5-22(35(48-27)52-36(40)41)17-42-19-24-6-8-29(51)46-24/h2-5,7,9-10,13-14,23-24,36,42,45H,6,8,11-12,15-19H2,1H3,(H,44,47)(H,46,51)/t24-/m0/s1. The fraction of sp³-hybridized carbons (Fsp3) is 0.361. The van der Waals surface area contributed by atoms with E-state index in [-0.39, 0.29) is 70.1 Å². The summed E-state index contributed by atoms with van der Waals surface area (Å²) in [5, 5.41) is 12.7. The van der Waals surface area contributed by atoms with E-state index >= 15 is 4.39 Å². The van der Waals surface area contributed by atoms with Crippen molar-refractivity contribution in [1.82, 2.24) is 35.8 Å². The molecule has 0 spiro atoms. The van der Waals surface area contributed by atoms with Crippen LogP contribution in [0.2, 0.25) is 10.0 Å². The summed E-state index contributed by atoms with van der Waals surface area (Å²) in [5.74, 6) is -0.778. The third-order valence-corrected chi connectivity index (χ3v) is 9.88. The summed E-state index contributed by atoms with van der Waals surface area (Å²) < 4.78 is 47.3. The Morgan fingerprint density at radius 2 is 1.79 bits per heavy atom. The lowest BCUT2D eigenvalue weighted by molar-refractivity contribution is -0.130. The first-order valence-corrected chi connectivity index (χ1v) is 17.6. The van der Waals surface area contributed by atoms with Crippen LogP contribution in [0.4, 0.5) is 24.7 Å². The van der Waals surface area contributed by atoms with Crippen molar-refractivity contribution >= 4 is 46.5 Å². The zero-order valence-corrected chi connectivity index (χ0v) is 29.7. The molecule has 2 saturated heterocycles. The number of aromatic nitrogens is 3. The van der Waals surface area contributed by atoms with Gasteiger partial charge in [-0.3, -0.25) is 14.6 Å². The van der Waals surface area contributed by atoms with Crippen molar-refractivity contribution in [2.75, 3.05) is 25.0 Å². The van der Waals surface area contributed by atoms with Gasteiger partial charge in [0, 0.05) is 92.8 Å². The molecule has 3 aromatic heterocycles. The topological polar surface area (TPSA) is 133 Å². The summed E-state index contributed by atoms with van der Waals surface area (Å²) in [6.07, 6.45) is 5.72. The Kier molecular flexibility index (Phi) is 12.1. The summed E-state index contributed by atoms with van der Waals surface area (Å²) in [5.41, 5.74) is 2.56. The first-order chi connectivity index (χ1) is 25.1. The van der Waals surface area contributed by atoms with Gasteiger partial charge in [-0.25, -0.2) is 14.4 Å². The summed E-state index contributed by atoms with van der Waals surface area (Å²) in [4.78, 5) is 37.9. The number of hydrogen-bond donors (Lipinski definition) is 4. The van der Waals surface area contributed by atoms with Gasteiger partial charge in [-0.1, -0.05) is 41.4 Å². The number of anilines is 2. The van der Waals surface area contributed by atoms with Crippen LogP contribution in [0, 0.1) is 5.82 Å². The molecule has 11 nitrogen and oxygen atoms in total. The van der Waals surface area contributed by atoms with E-state index in [0.29, 0.717) is 60.4 Å². The Bertz CT molecular complexity index is 1930. The number of pyridine rings is 3. The van der Waals surface area contributed by atoms with Crippen LogP contribution in [-0.2, 0) is 22.7 Å². The predicted octanol–water partition coefficient (Wildman–Crippen LogP) is 6.47. The van der Waals surface area contributed by atoms with Crippen LogP contribution >= 0.6 is 23.2 Å². The monoisotopic (exact) mass is 756 g/mol. The molecule has 2 amide bonds. The van der Waals surface area contributed by atoms with Gasteiger partial charge in [0.25, 0.3) is 0 Å².